The zero-order valence-electron chi connectivity index (χ0n) is 23.5. The number of para-hydroxylation sites is 1. The highest BCUT2D eigenvalue weighted by molar-refractivity contribution is 7.26. The first kappa shape index (κ1) is 24.0. The van der Waals surface area contributed by atoms with Crippen LogP contribution in [-0.2, 0) is 6.61 Å². The van der Waals surface area contributed by atoms with Gasteiger partial charge in [-0.2, -0.15) is 0 Å². The Hall–Kier alpha value is -5.52. The van der Waals surface area contributed by atoms with E-state index < -0.39 is 0 Å². The Kier molecular flexibility index (Phi) is 4.90. The van der Waals surface area contributed by atoms with E-state index >= 15 is 0 Å². The van der Waals surface area contributed by atoms with Crippen LogP contribution in [0.1, 0.15) is 5.56 Å². The quantitative estimate of drug-likeness (QED) is 0.204. The number of fused-ring (bicyclic) bond motifs is 10. The van der Waals surface area contributed by atoms with E-state index in [4.69, 9.17) is 14.7 Å². The van der Waals surface area contributed by atoms with Crippen molar-refractivity contribution in [3.05, 3.63) is 133 Å². The SMILES string of the molecule is c1ccc2c(c1)COc1c-2nc(-n2c3ccccc3c3cc4ccccc4cc32)nc1-c1cccc2c1sc1ccccc12. The van der Waals surface area contributed by atoms with Crippen molar-refractivity contribution in [2.75, 3.05) is 0 Å². The van der Waals surface area contributed by atoms with Crippen LogP contribution in [-0.4, -0.2) is 14.5 Å². The lowest BCUT2D eigenvalue weighted by molar-refractivity contribution is 0.301. The molecule has 6 aromatic carbocycles. The summed E-state index contributed by atoms with van der Waals surface area (Å²) in [6, 6.07) is 45.2. The molecule has 1 aliphatic rings. The van der Waals surface area contributed by atoms with Gasteiger partial charge >= 0.3 is 0 Å². The van der Waals surface area contributed by atoms with Crippen molar-refractivity contribution in [2.45, 2.75) is 6.61 Å². The molecule has 0 radical (unpaired) electrons. The van der Waals surface area contributed by atoms with Crippen LogP contribution >= 0.6 is 11.3 Å². The summed E-state index contributed by atoms with van der Waals surface area (Å²) >= 11 is 1.81. The van der Waals surface area contributed by atoms with Crippen LogP contribution in [0.25, 0.3) is 81.2 Å². The van der Waals surface area contributed by atoms with Crippen LogP contribution < -0.4 is 4.74 Å². The molecule has 0 N–H and O–H groups in total. The molecule has 0 spiro atoms. The van der Waals surface area contributed by atoms with Gasteiger partial charge in [-0.1, -0.05) is 103 Å². The molecule has 3 aromatic heterocycles. The Labute approximate surface area is 256 Å². The van der Waals surface area contributed by atoms with Crippen molar-refractivity contribution < 1.29 is 4.74 Å². The van der Waals surface area contributed by atoms with Gasteiger partial charge in [-0.15, -0.1) is 11.3 Å². The zero-order chi connectivity index (χ0) is 28.8. The Morgan fingerprint density at radius 1 is 0.568 bits per heavy atom. The molecule has 4 heterocycles. The molecule has 10 rings (SSSR count). The minimum Gasteiger partial charge on any atom is -0.484 e. The molecule has 1 aliphatic heterocycles. The molecule has 0 aliphatic carbocycles. The number of hydrogen-bond donors (Lipinski definition) is 0. The van der Waals surface area contributed by atoms with Crippen LogP contribution in [0.15, 0.2) is 127 Å². The highest BCUT2D eigenvalue weighted by atomic mass is 32.1. The van der Waals surface area contributed by atoms with Crippen LogP contribution in [0, 0.1) is 0 Å². The summed E-state index contributed by atoms with van der Waals surface area (Å²) in [6.07, 6.45) is 0. The van der Waals surface area contributed by atoms with Gasteiger partial charge in [0.05, 0.1) is 11.0 Å². The Bertz CT molecular complexity index is 2630. The fourth-order valence-electron chi connectivity index (χ4n) is 6.87. The first-order valence-electron chi connectivity index (χ1n) is 14.8. The summed E-state index contributed by atoms with van der Waals surface area (Å²) in [5.41, 5.74) is 7.10. The number of benzene rings is 6. The first-order valence-corrected chi connectivity index (χ1v) is 15.6. The summed E-state index contributed by atoms with van der Waals surface area (Å²) in [6.45, 7) is 0.489. The molecule has 0 atom stereocenters. The summed E-state index contributed by atoms with van der Waals surface area (Å²) < 4.78 is 11.2. The molecule has 0 saturated carbocycles. The molecule has 0 unspecified atom stereocenters. The van der Waals surface area contributed by atoms with Crippen LogP contribution in [0.3, 0.4) is 0 Å². The monoisotopic (exact) mass is 581 g/mol. The van der Waals surface area contributed by atoms with Gasteiger partial charge in [0.2, 0.25) is 5.95 Å². The van der Waals surface area contributed by atoms with Gasteiger partial charge in [0, 0.05) is 42.1 Å². The Morgan fingerprint density at radius 3 is 2.16 bits per heavy atom. The third-order valence-corrected chi connectivity index (χ3v) is 10.1. The summed E-state index contributed by atoms with van der Waals surface area (Å²) in [5, 5.41) is 7.26. The number of aromatic nitrogens is 3. The molecule has 4 nitrogen and oxygen atoms in total. The maximum Gasteiger partial charge on any atom is 0.236 e. The summed E-state index contributed by atoms with van der Waals surface area (Å²) in [4.78, 5) is 10.7. The maximum atomic E-state index is 6.53. The molecule has 0 fully saturated rings. The fraction of sp³-hybridized carbons (Fsp3) is 0.0256. The van der Waals surface area contributed by atoms with Gasteiger partial charge in [0.25, 0.3) is 0 Å². The van der Waals surface area contributed by atoms with Gasteiger partial charge in [-0.3, -0.25) is 4.57 Å². The lowest BCUT2D eigenvalue weighted by atomic mass is 9.99. The number of nitrogens with zero attached hydrogens (tertiary/aromatic N) is 3. The summed E-state index contributed by atoms with van der Waals surface area (Å²) in [5.74, 6) is 1.38. The predicted octanol–water partition coefficient (Wildman–Crippen LogP) is 10.3. The topological polar surface area (TPSA) is 39.9 Å². The van der Waals surface area contributed by atoms with Gasteiger partial charge < -0.3 is 4.74 Å². The molecule has 0 bridgehead atoms. The van der Waals surface area contributed by atoms with Crippen molar-refractivity contribution in [1.82, 2.24) is 14.5 Å². The van der Waals surface area contributed by atoms with Crippen LogP contribution in [0.5, 0.6) is 5.75 Å². The average molecular weight is 582 g/mol. The van der Waals surface area contributed by atoms with Crippen molar-refractivity contribution in [2.24, 2.45) is 0 Å². The number of thiophene rings is 1. The second kappa shape index (κ2) is 8.99. The smallest absolute Gasteiger partial charge is 0.236 e. The van der Waals surface area contributed by atoms with Gasteiger partial charge in [-0.25, -0.2) is 9.97 Å². The van der Waals surface area contributed by atoms with E-state index in [2.05, 4.69) is 132 Å². The molecule has 206 valence electrons. The van der Waals surface area contributed by atoms with Crippen LogP contribution in [0.2, 0.25) is 0 Å². The number of rotatable bonds is 2. The number of hydrogen-bond acceptors (Lipinski definition) is 4. The summed E-state index contributed by atoms with van der Waals surface area (Å²) in [7, 11) is 0. The Balaban J connectivity index is 1.35. The van der Waals surface area contributed by atoms with Crippen molar-refractivity contribution in [1.29, 1.82) is 0 Å². The lowest BCUT2D eigenvalue weighted by Crippen LogP contribution is -2.12. The van der Waals surface area contributed by atoms with E-state index in [9.17, 15) is 0 Å². The van der Waals surface area contributed by atoms with Crippen molar-refractivity contribution in [3.63, 3.8) is 0 Å². The molecular weight excluding hydrogens is 559 g/mol. The normalized spacial score (nSPS) is 12.6. The van der Waals surface area contributed by atoms with Crippen LogP contribution in [0.4, 0.5) is 0 Å². The van der Waals surface area contributed by atoms with E-state index in [0.29, 0.717) is 12.6 Å². The highest BCUT2D eigenvalue weighted by Gasteiger charge is 2.27. The second-order valence-electron chi connectivity index (χ2n) is 11.3. The third kappa shape index (κ3) is 3.33. The minimum absolute atomic E-state index is 0.489. The van der Waals surface area contributed by atoms with E-state index in [1.54, 1.807) is 11.3 Å². The maximum absolute atomic E-state index is 6.53. The van der Waals surface area contributed by atoms with Gasteiger partial charge in [-0.05, 0) is 40.6 Å². The number of ether oxygens (including phenoxy) is 1. The van der Waals surface area contributed by atoms with E-state index in [1.165, 1.54) is 41.7 Å². The second-order valence-corrected chi connectivity index (χ2v) is 12.4. The van der Waals surface area contributed by atoms with E-state index in [0.717, 1.165) is 44.9 Å². The average Bonchev–Trinajstić information content (AvgIpc) is 3.62. The first-order chi connectivity index (χ1) is 21.8. The lowest BCUT2D eigenvalue weighted by Gasteiger charge is -2.23. The molecule has 0 amide bonds. The fourth-order valence-corrected chi connectivity index (χ4v) is 8.09. The third-order valence-electron chi connectivity index (χ3n) is 8.90. The predicted molar refractivity (Wildman–Crippen MR) is 182 cm³/mol. The standard InChI is InChI=1S/C39H23N3OS/c1-2-11-24-21-33-31(20-23(24)10-1)27-14-5-7-18-32(27)42(33)39-40-35-26-13-4-3-12-25(26)22-43-37(35)36(41-39)30-17-9-16-29-28-15-6-8-19-34(28)44-38(29)30/h1-21H,22H2. The molecule has 44 heavy (non-hydrogen) atoms. The van der Waals surface area contributed by atoms with E-state index in [-0.39, 0.29) is 0 Å². The zero-order valence-corrected chi connectivity index (χ0v) is 24.3. The van der Waals surface area contributed by atoms with E-state index in [1.807, 2.05) is 0 Å². The van der Waals surface area contributed by atoms with Gasteiger partial charge in [0.1, 0.15) is 18.0 Å². The Morgan fingerprint density at radius 2 is 1.25 bits per heavy atom. The largest absolute Gasteiger partial charge is 0.484 e. The molecular formula is C39H23N3OS. The van der Waals surface area contributed by atoms with Crippen molar-refractivity contribution in [3.8, 4) is 34.2 Å². The highest BCUT2D eigenvalue weighted by Crippen LogP contribution is 2.47. The molecule has 0 saturated heterocycles. The van der Waals surface area contributed by atoms with Crippen molar-refractivity contribution >= 4 is 64.1 Å². The molecule has 9 aromatic rings. The minimum atomic E-state index is 0.489. The molecule has 5 heteroatoms. The van der Waals surface area contributed by atoms with Gasteiger partial charge in [0.15, 0.2) is 5.75 Å².